The van der Waals surface area contributed by atoms with E-state index in [2.05, 4.69) is 29.0 Å². The Labute approximate surface area is 92.8 Å². The summed E-state index contributed by atoms with van der Waals surface area (Å²) in [6.07, 6.45) is 1.67. The maximum atomic E-state index is 5.57. The first-order valence-electron chi connectivity index (χ1n) is 4.57. The van der Waals surface area contributed by atoms with Gasteiger partial charge in [0, 0.05) is 11.1 Å². The van der Waals surface area contributed by atoms with Gasteiger partial charge in [-0.25, -0.2) is 9.97 Å². The maximum Gasteiger partial charge on any atom is 0.194 e. The van der Waals surface area contributed by atoms with Crippen molar-refractivity contribution >= 4 is 17.6 Å². The lowest BCUT2D eigenvalue weighted by Crippen LogP contribution is -1.92. The Balaban J connectivity index is 2.18. The SMILES string of the molecule is Cc1ccc(Sc2nccc(N)n2)cc1. The molecule has 0 saturated heterocycles. The van der Waals surface area contributed by atoms with Crippen LogP contribution in [0.15, 0.2) is 46.6 Å². The van der Waals surface area contributed by atoms with E-state index >= 15 is 0 Å². The highest BCUT2D eigenvalue weighted by molar-refractivity contribution is 7.99. The number of hydrogen-bond acceptors (Lipinski definition) is 4. The normalized spacial score (nSPS) is 10.2. The number of nitrogen functional groups attached to an aromatic ring is 1. The number of aromatic nitrogens is 2. The Morgan fingerprint density at radius 1 is 1.13 bits per heavy atom. The predicted octanol–water partition coefficient (Wildman–Crippen LogP) is 2.52. The van der Waals surface area contributed by atoms with Crippen LogP contribution in [0.5, 0.6) is 0 Å². The second kappa shape index (κ2) is 4.31. The Morgan fingerprint density at radius 2 is 1.87 bits per heavy atom. The van der Waals surface area contributed by atoms with E-state index in [1.54, 1.807) is 12.3 Å². The summed E-state index contributed by atoms with van der Waals surface area (Å²) < 4.78 is 0. The Bertz CT molecular complexity index is 454. The molecule has 15 heavy (non-hydrogen) atoms. The fourth-order valence-corrected chi connectivity index (χ4v) is 1.86. The Hall–Kier alpha value is -1.55. The minimum Gasteiger partial charge on any atom is -0.384 e. The summed E-state index contributed by atoms with van der Waals surface area (Å²) in [5.74, 6) is 0.500. The molecule has 76 valence electrons. The highest BCUT2D eigenvalue weighted by Crippen LogP contribution is 2.24. The fraction of sp³-hybridized carbons (Fsp3) is 0.0909. The predicted molar refractivity (Wildman–Crippen MR) is 61.7 cm³/mol. The van der Waals surface area contributed by atoms with E-state index in [0.717, 1.165) is 4.90 Å². The van der Waals surface area contributed by atoms with Crippen molar-refractivity contribution in [3.63, 3.8) is 0 Å². The lowest BCUT2D eigenvalue weighted by Gasteiger charge is -2.00. The molecular formula is C11H11N3S. The molecule has 0 atom stereocenters. The van der Waals surface area contributed by atoms with Gasteiger partial charge >= 0.3 is 0 Å². The van der Waals surface area contributed by atoms with Crippen LogP contribution in [0.25, 0.3) is 0 Å². The second-order valence-corrected chi connectivity index (χ2v) is 4.22. The van der Waals surface area contributed by atoms with Crippen molar-refractivity contribution in [1.29, 1.82) is 0 Å². The summed E-state index contributed by atoms with van der Waals surface area (Å²) in [5.41, 5.74) is 6.82. The molecule has 0 aliphatic rings. The van der Waals surface area contributed by atoms with Gasteiger partial charge in [-0.05, 0) is 36.9 Å². The molecular weight excluding hydrogens is 206 g/mol. The van der Waals surface area contributed by atoms with Gasteiger partial charge in [0.25, 0.3) is 0 Å². The van der Waals surface area contributed by atoms with Gasteiger partial charge < -0.3 is 5.73 Å². The molecule has 0 aliphatic heterocycles. The summed E-state index contributed by atoms with van der Waals surface area (Å²) in [4.78, 5) is 9.37. The van der Waals surface area contributed by atoms with Crippen LogP contribution in [0.4, 0.5) is 5.82 Å². The van der Waals surface area contributed by atoms with Gasteiger partial charge in [-0.1, -0.05) is 17.7 Å². The van der Waals surface area contributed by atoms with Crippen LogP contribution in [0.3, 0.4) is 0 Å². The van der Waals surface area contributed by atoms with E-state index in [-0.39, 0.29) is 0 Å². The number of anilines is 1. The number of benzene rings is 1. The van der Waals surface area contributed by atoms with Crippen LogP contribution in [0, 0.1) is 6.92 Å². The number of nitrogens with zero attached hydrogens (tertiary/aromatic N) is 2. The molecule has 0 bridgehead atoms. The van der Waals surface area contributed by atoms with Gasteiger partial charge in [0.1, 0.15) is 5.82 Å². The van der Waals surface area contributed by atoms with Crippen molar-refractivity contribution in [2.75, 3.05) is 5.73 Å². The topological polar surface area (TPSA) is 51.8 Å². The molecule has 4 heteroatoms. The van der Waals surface area contributed by atoms with Crippen molar-refractivity contribution in [2.24, 2.45) is 0 Å². The smallest absolute Gasteiger partial charge is 0.194 e. The standard InChI is InChI=1S/C11H11N3S/c1-8-2-4-9(5-3-8)15-11-13-7-6-10(12)14-11/h2-7H,1H3,(H2,12,13,14). The molecule has 0 unspecified atom stereocenters. The van der Waals surface area contributed by atoms with E-state index in [1.165, 1.54) is 17.3 Å². The van der Waals surface area contributed by atoms with Crippen LogP contribution in [-0.4, -0.2) is 9.97 Å². The third-order valence-electron chi connectivity index (χ3n) is 1.89. The number of hydrogen-bond donors (Lipinski definition) is 1. The van der Waals surface area contributed by atoms with Gasteiger partial charge in [-0.15, -0.1) is 0 Å². The number of nitrogens with two attached hydrogens (primary N) is 1. The fourth-order valence-electron chi connectivity index (χ4n) is 1.11. The van der Waals surface area contributed by atoms with Crippen LogP contribution >= 0.6 is 11.8 Å². The van der Waals surface area contributed by atoms with E-state index in [0.29, 0.717) is 11.0 Å². The van der Waals surface area contributed by atoms with Crippen molar-refractivity contribution in [3.8, 4) is 0 Å². The summed E-state index contributed by atoms with van der Waals surface area (Å²) in [5, 5.41) is 0.679. The third-order valence-corrected chi connectivity index (χ3v) is 2.77. The summed E-state index contributed by atoms with van der Waals surface area (Å²) in [6, 6.07) is 9.90. The lowest BCUT2D eigenvalue weighted by molar-refractivity contribution is 0.975. The van der Waals surface area contributed by atoms with Crippen LogP contribution < -0.4 is 5.73 Å². The molecule has 0 fully saturated rings. The lowest BCUT2D eigenvalue weighted by atomic mass is 10.2. The highest BCUT2D eigenvalue weighted by Gasteiger charge is 1.99. The first-order chi connectivity index (χ1) is 7.24. The zero-order valence-electron chi connectivity index (χ0n) is 8.34. The van der Waals surface area contributed by atoms with Crippen LogP contribution in [-0.2, 0) is 0 Å². The van der Waals surface area contributed by atoms with Crippen molar-refractivity contribution in [3.05, 3.63) is 42.1 Å². The molecule has 0 aliphatic carbocycles. The molecule has 1 heterocycles. The zero-order valence-corrected chi connectivity index (χ0v) is 9.16. The zero-order chi connectivity index (χ0) is 10.7. The van der Waals surface area contributed by atoms with Crippen LogP contribution in [0.2, 0.25) is 0 Å². The Kier molecular flexibility index (Phi) is 2.87. The van der Waals surface area contributed by atoms with Gasteiger partial charge in [0.2, 0.25) is 0 Å². The van der Waals surface area contributed by atoms with E-state index in [1.807, 2.05) is 12.1 Å². The van der Waals surface area contributed by atoms with Gasteiger partial charge in [-0.2, -0.15) is 0 Å². The Morgan fingerprint density at radius 3 is 2.53 bits per heavy atom. The summed E-state index contributed by atoms with van der Waals surface area (Å²) in [7, 11) is 0. The summed E-state index contributed by atoms with van der Waals surface area (Å²) in [6.45, 7) is 2.06. The van der Waals surface area contributed by atoms with Crippen molar-refractivity contribution in [1.82, 2.24) is 9.97 Å². The molecule has 2 rings (SSSR count). The van der Waals surface area contributed by atoms with Crippen LogP contribution in [0.1, 0.15) is 5.56 Å². The molecule has 0 spiro atoms. The minimum atomic E-state index is 0.500. The molecule has 2 N–H and O–H groups in total. The third kappa shape index (κ3) is 2.70. The molecule has 0 amide bonds. The van der Waals surface area contributed by atoms with Gasteiger partial charge in [0.05, 0.1) is 0 Å². The first kappa shape index (κ1) is 9.98. The maximum absolute atomic E-state index is 5.57. The average molecular weight is 217 g/mol. The van der Waals surface area contributed by atoms with Gasteiger partial charge in [0.15, 0.2) is 5.16 Å². The summed E-state index contributed by atoms with van der Waals surface area (Å²) >= 11 is 1.51. The monoisotopic (exact) mass is 217 g/mol. The number of rotatable bonds is 2. The molecule has 3 nitrogen and oxygen atoms in total. The second-order valence-electron chi connectivity index (χ2n) is 3.18. The van der Waals surface area contributed by atoms with E-state index < -0.39 is 0 Å². The van der Waals surface area contributed by atoms with E-state index in [9.17, 15) is 0 Å². The molecule has 0 radical (unpaired) electrons. The van der Waals surface area contributed by atoms with E-state index in [4.69, 9.17) is 5.73 Å². The largest absolute Gasteiger partial charge is 0.384 e. The molecule has 0 saturated carbocycles. The molecule has 1 aromatic heterocycles. The molecule has 1 aromatic carbocycles. The first-order valence-corrected chi connectivity index (χ1v) is 5.39. The highest BCUT2D eigenvalue weighted by atomic mass is 32.2. The number of aryl methyl sites for hydroxylation is 1. The van der Waals surface area contributed by atoms with Gasteiger partial charge in [-0.3, -0.25) is 0 Å². The average Bonchev–Trinajstić information content (AvgIpc) is 2.22. The quantitative estimate of drug-likeness (QED) is 0.785. The molecule has 2 aromatic rings. The van der Waals surface area contributed by atoms with Crippen molar-refractivity contribution < 1.29 is 0 Å². The van der Waals surface area contributed by atoms with Crippen molar-refractivity contribution in [2.45, 2.75) is 17.0 Å². The minimum absolute atomic E-state index is 0.500.